The molecule has 0 saturated carbocycles. The van der Waals surface area contributed by atoms with E-state index < -0.39 is 0 Å². The summed E-state index contributed by atoms with van der Waals surface area (Å²) in [6, 6.07) is 12.1. The first-order valence-corrected chi connectivity index (χ1v) is 9.19. The predicted octanol–water partition coefficient (Wildman–Crippen LogP) is 4.24. The minimum atomic E-state index is -0.140. The van der Waals surface area contributed by atoms with Gasteiger partial charge in [0.15, 0.2) is 0 Å². The van der Waals surface area contributed by atoms with Crippen molar-refractivity contribution >= 4 is 39.1 Å². The number of anilines is 2. The number of nitrogens with one attached hydrogen (secondary N) is 1. The molecule has 0 fully saturated rings. The lowest BCUT2D eigenvalue weighted by molar-refractivity contribution is -0.118. The maximum atomic E-state index is 12.8. The average Bonchev–Trinajstić information content (AvgIpc) is 2.97. The Balaban J connectivity index is 1.78. The fourth-order valence-electron chi connectivity index (χ4n) is 3.18. The van der Waals surface area contributed by atoms with Crippen molar-refractivity contribution in [3.05, 3.63) is 57.6 Å². The third-order valence-corrected chi connectivity index (χ3v) is 4.85. The first-order chi connectivity index (χ1) is 11.9. The van der Waals surface area contributed by atoms with Gasteiger partial charge in [0.05, 0.1) is 11.4 Å². The molecule has 1 aliphatic heterocycles. The van der Waals surface area contributed by atoms with E-state index in [1.54, 1.807) is 4.90 Å². The molecule has 0 bridgehead atoms. The van der Waals surface area contributed by atoms with Gasteiger partial charge in [-0.05, 0) is 43.0 Å². The predicted molar refractivity (Wildman–Crippen MR) is 104 cm³/mol. The molecule has 2 aromatic rings. The van der Waals surface area contributed by atoms with E-state index in [-0.39, 0.29) is 11.8 Å². The summed E-state index contributed by atoms with van der Waals surface area (Å²) in [5.41, 5.74) is 5.00. The summed E-state index contributed by atoms with van der Waals surface area (Å²) >= 11 is 3.48. The van der Waals surface area contributed by atoms with Gasteiger partial charge in [-0.3, -0.25) is 9.59 Å². The Hall–Kier alpha value is -2.14. The molecule has 2 aromatic carbocycles. The normalized spacial score (nSPS) is 12.8. The fourth-order valence-corrected chi connectivity index (χ4v) is 3.69. The van der Waals surface area contributed by atoms with Gasteiger partial charge in [0.2, 0.25) is 11.8 Å². The highest BCUT2D eigenvalue weighted by Gasteiger charge is 2.28. The van der Waals surface area contributed by atoms with E-state index in [0.29, 0.717) is 18.7 Å². The molecule has 0 unspecified atom stereocenters. The van der Waals surface area contributed by atoms with E-state index >= 15 is 0 Å². The molecule has 1 N–H and O–H groups in total. The van der Waals surface area contributed by atoms with Crippen LogP contribution in [0.25, 0.3) is 0 Å². The highest BCUT2D eigenvalue weighted by atomic mass is 79.9. The summed E-state index contributed by atoms with van der Waals surface area (Å²) in [7, 11) is 0. The van der Waals surface area contributed by atoms with E-state index in [0.717, 1.165) is 34.1 Å². The number of halogens is 1. The quantitative estimate of drug-likeness (QED) is 0.833. The molecule has 2 amide bonds. The van der Waals surface area contributed by atoms with E-state index in [1.807, 2.05) is 12.1 Å². The number of aryl methyl sites for hydroxylation is 2. The van der Waals surface area contributed by atoms with Gasteiger partial charge in [-0.2, -0.15) is 0 Å². The van der Waals surface area contributed by atoms with Crippen LogP contribution in [0.5, 0.6) is 0 Å². The molecular formula is C20H21BrN2O2. The first-order valence-electron chi connectivity index (χ1n) is 8.40. The molecule has 0 aliphatic carbocycles. The van der Waals surface area contributed by atoms with Gasteiger partial charge in [0, 0.05) is 24.4 Å². The number of hydrogen-bond donors (Lipinski definition) is 1. The highest BCUT2D eigenvalue weighted by Crippen LogP contribution is 2.38. The van der Waals surface area contributed by atoms with Gasteiger partial charge >= 0.3 is 0 Å². The molecule has 0 saturated heterocycles. The maximum absolute atomic E-state index is 12.8. The van der Waals surface area contributed by atoms with Crippen LogP contribution in [0.4, 0.5) is 11.4 Å². The Bertz CT molecular complexity index is 815. The second kappa shape index (κ2) is 7.40. The van der Waals surface area contributed by atoms with Crippen LogP contribution in [0, 0.1) is 6.92 Å². The lowest BCUT2D eigenvalue weighted by Gasteiger charge is -2.21. The third kappa shape index (κ3) is 4.10. The minimum Gasteiger partial charge on any atom is -0.324 e. The molecule has 0 radical (unpaired) electrons. The largest absolute Gasteiger partial charge is 0.324 e. The number of benzene rings is 2. The summed E-state index contributed by atoms with van der Waals surface area (Å²) in [4.78, 5) is 26.1. The van der Waals surface area contributed by atoms with Crippen molar-refractivity contribution in [2.24, 2.45) is 0 Å². The van der Waals surface area contributed by atoms with Crippen LogP contribution in [0.3, 0.4) is 0 Å². The smallest absolute Gasteiger partial charge is 0.227 e. The number of amides is 2. The van der Waals surface area contributed by atoms with Crippen molar-refractivity contribution in [3.63, 3.8) is 0 Å². The second-order valence-corrected chi connectivity index (χ2v) is 7.34. The third-order valence-electron chi connectivity index (χ3n) is 4.39. The Morgan fingerprint density at radius 2 is 1.92 bits per heavy atom. The van der Waals surface area contributed by atoms with Crippen LogP contribution in [0.1, 0.15) is 30.0 Å². The van der Waals surface area contributed by atoms with Gasteiger partial charge in [-0.25, -0.2) is 0 Å². The van der Waals surface area contributed by atoms with Crippen molar-refractivity contribution in [1.29, 1.82) is 0 Å². The lowest BCUT2D eigenvalue weighted by Crippen LogP contribution is -2.30. The number of fused-ring (bicyclic) bond motifs is 1. The van der Waals surface area contributed by atoms with Crippen LogP contribution in [-0.2, 0) is 22.4 Å². The zero-order chi connectivity index (χ0) is 18.0. The van der Waals surface area contributed by atoms with Crippen molar-refractivity contribution in [2.75, 3.05) is 16.8 Å². The molecule has 3 rings (SSSR count). The summed E-state index contributed by atoms with van der Waals surface area (Å²) in [6.45, 7) is 4.19. The van der Waals surface area contributed by atoms with E-state index in [2.05, 4.69) is 52.4 Å². The lowest BCUT2D eigenvalue weighted by atomic mass is 10.1. The van der Waals surface area contributed by atoms with Crippen molar-refractivity contribution in [2.45, 2.75) is 33.1 Å². The Labute approximate surface area is 156 Å². The average molecular weight is 401 g/mol. The second-order valence-electron chi connectivity index (χ2n) is 6.42. The summed E-state index contributed by atoms with van der Waals surface area (Å²) < 4.78 is 0.906. The highest BCUT2D eigenvalue weighted by molar-refractivity contribution is 9.10. The van der Waals surface area contributed by atoms with Crippen LogP contribution < -0.4 is 10.2 Å². The summed E-state index contributed by atoms with van der Waals surface area (Å²) in [6.07, 6.45) is 1.98. The van der Waals surface area contributed by atoms with E-state index in [4.69, 9.17) is 0 Å². The number of carbonyl (C=O) groups excluding carboxylic acids is 2. The maximum Gasteiger partial charge on any atom is 0.227 e. The Kier molecular flexibility index (Phi) is 5.23. The van der Waals surface area contributed by atoms with Crippen molar-refractivity contribution in [1.82, 2.24) is 0 Å². The van der Waals surface area contributed by atoms with Crippen LogP contribution in [0.2, 0.25) is 0 Å². The molecule has 5 heteroatoms. The SMILES string of the molecule is CC(=O)Nc1cc(Br)cc2c1N(C(=O)CCc1ccc(C)cc1)CC2. The monoisotopic (exact) mass is 400 g/mol. The summed E-state index contributed by atoms with van der Waals surface area (Å²) in [5, 5.41) is 2.85. The number of hydrogen-bond acceptors (Lipinski definition) is 2. The molecule has 4 nitrogen and oxygen atoms in total. The molecule has 0 aromatic heterocycles. The van der Waals surface area contributed by atoms with E-state index in [1.165, 1.54) is 12.5 Å². The van der Waals surface area contributed by atoms with Crippen LogP contribution >= 0.6 is 15.9 Å². The molecular weight excluding hydrogens is 380 g/mol. The van der Waals surface area contributed by atoms with Gasteiger partial charge in [-0.15, -0.1) is 0 Å². The van der Waals surface area contributed by atoms with Gasteiger partial charge in [-0.1, -0.05) is 45.8 Å². The Morgan fingerprint density at radius 3 is 2.60 bits per heavy atom. The van der Waals surface area contributed by atoms with Crippen molar-refractivity contribution in [3.8, 4) is 0 Å². The zero-order valence-corrected chi connectivity index (χ0v) is 16.0. The van der Waals surface area contributed by atoms with Crippen LogP contribution in [0.15, 0.2) is 40.9 Å². The van der Waals surface area contributed by atoms with Gasteiger partial charge in [0.25, 0.3) is 0 Å². The molecule has 0 atom stereocenters. The fraction of sp³-hybridized carbons (Fsp3) is 0.300. The first kappa shape index (κ1) is 17.7. The molecule has 1 heterocycles. The van der Waals surface area contributed by atoms with Gasteiger partial charge < -0.3 is 10.2 Å². The number of carbonyl (C=O) groups is 2. The number of nitrogens with zero attached hydrogens (tertiary/aromatic N) is 1. The molecule has 130 valence electrons. The molecule has 25 heavy (non-hydrogen) atoms. The van der Waals surface area contributed by atoms with Crippen molar-refractivity contribution < 1.29 is 9.59 Å². The standard InChI is InChI=1S/C20H21BrN2O2/c1-13-3-5-15(6-4-13)7-8-19(25)23-10-9-16-11-17(21)12-18(20(16)23)22-14(2)24/h3-6,11-12H,7-10H2,1-2H3,(H,22,24). The van der Waals surface area contributed by atoms with Gasteiger partial charge in [0.1, 0.15) is 0 Å². The zero-order valence-electron chi connectivity index (χ0n) is 14.4. The Morgan fingerprint density at radius 1 is 1.20 bits per heavy atom. The van der Waals surface area contributed by atoms with Crippen LogP contribution in [-0.4, -0.2) is 18.4 Å². The number of rotatable bonds is 4. The topological polar surface area (TPSA) is 49.4 Å². The summed E-state index contributed by atoms with van der Waals surface area (Å²) in [5.74, 6) is -0.0486. The van der Waals surface area contributed by atoms with E-state index in [9.17, 15) is 9.59 Å². The minimum absolute atomic E-state index is 0.0910. The molecule has 1 aliphatic rings. The molecule has 0 spiro atoms.